The number of hydrogen-bond donors (Lipinski definition) is 1. The van der Waals surface area contributed by atoms with Crippen LogP contribution in [0.15, 0.2) is 23.7 Å². The summed E-state index contributed by atoms with van der Waals surface area (Å²) >= 11 is 1.58. The Morgan fingerprint density at radius 2 is 2.30 bits per heavy atom. The first-order valence-corrected chi connectivity index (χ1v) is 7.92. The Morgan fingerprint density at radius 3 is 3.10 bits per heavy atom. The maximum absolute atomic E-state index is 12.7. The van der Waals surface area contributed by atoms with E-state index in [1.165, 1.54) is 0 Å². The van der Waals surface area contributed by atoms with Crippen LogP contribution in [-0.4, -0.2) is 39.1 Å². The number of thiazole rings is 1. The van der Waals surface area contributed by atoms with Gasteiger partial charge in [0.1, 0.15) is 0 Å². The van der Waals surface area contributed by atoms with Crippen molar-refractivity contribution in [3.05, 3.63) is 29.3 Å². The SMILES string of the molecule is O=C(c1ccc2scnc2c1)N1CCCC1C1(O)CC1. The van der Waals surface area contributed by atoms with Gasteiger partial charge >= 0.3 is 0 Å². The lowest BCUT2D eigenvalue weighted by Crippen LogP contribution is -2.44. The van der Waals surface area contributed by atoms with E-state index in [1.807, 2.05) is 23.1 Å². The van der Waals surface area contributed by atoms with Gasteiger partial charge in [0.2, 0.25) is 0 Å². The Labute approximate surface area is 121 Å². The molecule has 0 bridgehead atoms. The number of amides is 1. The first-order chi connectivity index (χ1) is 9.67. The van der Waals surface area contributed by atoms with Gasteiger partial charge in [0.15, 0.2) is 0 Å². The van der Waals surface area contributed by atoms with Crippen molar-refractivity contribution in [1.82, 2.24) is 9.88 Å². The molecule has 20 heavy (non-hydrogen) atoms. The van der Waals surface area contributed by atoms with E-state index in [0.717, 1.165) is 42.4 Å². The summed E-state index contributed by atoms with van der Waals surface area (Å²) in [4.78, 5) is 18.8. The summed E-state index contributed by atoms with van der Waals surface area (Å²) in [7, 11) is 0. The molecule has 4 nitrogen and oxygen atoms in total. The number of rotatable bonds is 2. The second kappa shape index (κ2) is 4.27. The smallest absolute Gasteiger partial charge is 0.254 e. The lowest BCUT2D eigenvalue weighted by molar-refractivity contribution is 0.0386. The fraction of sp³-hybridized carbons (Fsp3) is 0.467. The molecule has 1 aliphatic heterocycles. The van der Waals surface area contributed by atoms with Crippen LogP contribution in [0.3, 0.4) is 0 Å². The Kier molecular flexibility index (Phi) is 2.62. The van der Waals surface area contributed by atoms with Gasteiger partial charge in [0.25, 0.3) is 5.91 Å². The first-order valence-electron chi connectivity index (χ1n) is 7.04. The lowest BCUT2D eigenvalue weighted by atomic mass is 10.1. The van der Waals surface area contributed by atoms with Gasteiger partial charge in [-0.1, -0.05) is 0 Å². The molecule has 1 aliphatic carbocycles. The van der Waals surface area contributed by atoms with Crippen molar-refractivity contribution in [2.45, 2.75) is 37.3 Å². The van der Waals surface area contributed by atoms with Crippen molar-refractivity contribution in [3.63, 3.8) is 0 Å². The third-order valence-electron chi connectivity index (χ3n) is 4.47. The molecule has 2 aromatic rings. The summed E-state index contributed by atoms with van der Waals surface area (Å²) in [6.07, 6.45) is 3.55. The van der Waals surface area contributed by atoms with Crippen LogP contribution in [0.5, 0.6) is 0 Å². The molecule has 1 amide bonds. The molecule has 1 aromatic carbocycles. The Hall–Kier alpha value is -1.46. The molecule has 2 aliphatic rings. The zero-order chi connectivity index (χ0) is 13.7. The molecule has 0 spiro atoms. The summed E-state index contributed by atoms with van der Waals surface area (Å²) in [5.41, 5.74) is 2.74. The van der Waals surface area contributed by atoms with Gasteiger partial charge in [0.05, 0.1) is 27.4 Å². The molecule has 1 saturated heterocycles. The summed E-state index contributed by atoms with van der Waals surface area (Å²) in [5, 5.41) is 10.3. The molecule has 4 rings (SSSR count). The van der Waals surface area contributed by atoms with E-state index in [2.05, 4.69) is 4.98 Å². The third kappa shape index (κ3) is 1.84. The monoisotopic (exact) mass is 288 g/mol. The highest BCUT2D eigenvalue weighted by atomic mass is 32.1. The largest absolute Gasteiger partial charge is 0.388 e. The minimum absolute atomic E-state index is 0.00105. The van der Waals surface area contributed by atoms with Crippen LogP contribution in [0.4, 0.5) is 0 Å². The van der Waals surface area contributed by atoms with Crippen LogP contribution in [0.25, 0.3) is 10.2 Å². The number of hydrogen-bond acceptors (Lipinski definition) is 4. The summed E-state index contributed by atoms with van der Waals surface area (Å²) in [6, 6.07) is 5.69. The van der Waals surface area contributed by atoms with E-state index in [-0.39, 0.29) is 11.9 Å². The first kappa shape index (κ1) is 12.3. The predicted octanol–water partition coefficient (Wildman–Crippen LogP) is 2.43. The van der Waals surface area contributed by atoms with Crippen LogP contribution >= 0.6 is 11.3 Å². The molecule has 104 valence electrons. The Morgan fingerprint density at radius 1 is 1.45 bits per heavy atom. The van der Waals surface area contributed by atoms with E-state index in [4.69, 9.17) is 0 Å². The zero-order valence-corrected chi connectivity index (χ0v) is 11.9. The molecule has 2 fully saturated rings. The molecule has 2 heterocycles. The number of aliphatic hydroxyl groups is 1. The summed E-state index contributed by atoms with van der Waals surface area (Å²) < 4.78 is 1.10. The highest BCUT2D eigenvalue weighted by Crippen LogP contribution is 2.45. The maximum Gasteiger partial charge on any atom is 0.254 e. The molecule has 1 aromatic heterocycles. The number of fused-ring (bicyclic) bond motifs is 1. The highest BCUT2D eigenvalue weighted by Gasteiger charge is 2.52. The second-order valence-corrected chi connectivity index (χ2v) is 6.68. The van der Waals surface area contributed by atoms with Crippen LogP contribution in [0.2, 0.25) is 0 Å². The number of aromatic nitrogens is 1. The van der Waals surface area contributed by atoms with Gasteiger partial charge in [-0.15, -0.1) is 11.3 Å². The molecule has 1 unspecified atom stereocenters. The van der Waals surface area contributed by atoms with Crippen molar-refractivity contribution in [2.24, 2.45) is 0 Å². The quantitative estimate of drug-likeness (QED) is 0.923. The number of benzene rings is 1. The van der Waals surface area contributed by atoms with E-state index in [0.29, 0.717) is 5.56 Å². The summed E-state index contributed by atoms with van der Waals surface area (Å²) in [5.74, 6) is 0.0303. The molecule has 1 N–H and O–H groups in total. The topological polar surface area (TPSA) is 53.4 Å². The lowest BCUT2D eigenvalue weighted by Gasteiger charge is -2.28. The molecular weight excluding hydrogens is 272 g/mol. The fourth-order valence-electron chi connectivity index (χ4n) is 3.19. The number of likely N-dealkylation sites (tertiary alicyclic amines) is 1. The maximum atomic E-state index is 12.7. The van der Waals surface area contributed by atoms with Crippen LogP contribution < -0.4 is 0 Å². The average Bonchev–Trinajstić information content (AvgIpc) is 2.93. The van der Waals surface area contributed by atoms with Gasteiger partial charge in [-0.2, -0.15) is 0 Å². The van der Waals surface area contributed by atoms with Gasteiger partial charge in [0, 0.05) is 12.1 Å². The number of nitrogens with zero attached hydrogens (tertiary/aromatic N) is 2. The summed E-state index contributed by atoms with van der Waals surface area (Å²) in [6.45, 7) is 0.751. The average molecular weight is 288 g/mol. The van der Waals surface area contributed by atoms with Crippen molar-refractivity contribution in [1.29, 1.82) is 0 Å². The highest BCUT2D eigenvalue weighted by molar-refractivity contribution is 7.16. The van der Waals surface area contributed by atoms with Gasteiger partial charge in [-0.05, 0) is 43.9 Å². The third-order valence-corrected chi connectivity index (χ3v) is 5.28. The number of carbonyl (C=O) groups excluding carboxylic acids is 1. The molecule has 1 saturated carbocycles. The zero-order valence-electron chi connectivity index (χ0n) is 11.1. The minimum Gasteiger partial charge on any atom is -0.388 e. The Balaban J connectivity index is 1.65. The van der Waals surface area contributed by atoms with Crippen molar-refractivity contribution < 1.29 is 9.90 Å². The predicted molar refractivity (Wildman–Crippen MR) is 77.9 cm³/mol. The van der Waals surface area contributed by atoms with E-state index in [1.54, 1.807) is 16.8 Å². The normalized spacial score (nSPS) is 24.2. The molecule has 5 heteroatoms. The Bertz CT molecular complexity index is 677. The fourth-order valence-corrected chi connectivity index (χ4v) is 3.85. The molecule has 1 atom stereocenters. The van der Waals surface area contributed by atoms with Crippen LogP contribution in [0, 0.1) is 0 Å². The standard InChI is InChI=1S/C15H16N2O2S/c18-14(10-3-4-12-11(8-10)16-9-20-12)17-7-1-2-13(17)15(19)5-6-15/h3-4,8-9,13,19H,1-2,5-7H2. The van der Waals surface area contributed by atoms with Gasteiger partial charge in [-0.25, -0.2) is 4.98 Å². The van der Waals surface area contributed by atoms with Gasteiger partial charge < -0.3 is 10.0 Å². The second-order valence-electron chi connectivity index (χ2n) is 5.80. The van der Waals surface area contributed by atoms with Crippen LogP contribution in [-0.2, 0) is 0 Å². The van der Waals surface area contributed by atoms with E-state index < -0.39 is 5.60 Å². The van der Waals surface area contributed by atoms with E-state index in [9.17, 15) is 9.90 Å². The van der Waals surface area contributed by atoms with E-state index >= 15 is 0 Å². The number of carbonyl (C=O) groups is 1. The minimum atomic E-state index is -0.614. The molecule has 0 radical (unpaired) electrons. The van der Waals surface area contributed by atoms with Crippen molar-refractivity contribution in [2.75, 3.05) is 6.54 Å². The van der Waals surface area contributed by atoms with Gasteiger partial charge in [-0.3, -0.25) is 4.79 Å². The van der Waals surface area contributed by atoms with Crippen molar-refractivity contribution >= 4 is 27.5 Å². The van der Waals surface area contributed by atoms with Crippen molar-refractivity contribution in [3.8, 4) is 0 Å². The molecular formula is C15H16N2O2S. The van der Waals surface area contributed by atoms with Crippen LogP contribution in [0.1, 0.15) is 36.0 Å².